The summed E-state index contributed by atoms with van der Waals surface area (Å²) < 4.78 is 24.9. The molecule has 3 heteroatoms. The Morgan fingerprint density at radius 2 is 2.67 bits per heavy atom. The summed E-state index contributed by atoms with van der Waals surface area (Å²) in [6, 6.07) is 1.39. The van der Waals surface area contributed by atoms with Crippen LogP contribution < -0.4 is 4.74 Å². The topological polar surface area (TPSA) is 22.1 Å². The van der Waals surface area contributed by atoms with Crippen LogP contribution in [-0.4, -0.2) is 12.0 Å². The van der Waals surface area contributed by atoms with Crippen LogP contribution in [-0.2, 0) is 0 Å². The molecule has 48 valence electrons. The third-order valence-electron chi connectivity index (χ3n) is 0.798. The molecule has 0 aliphatic carbocycles. The van der Waals surface area contributed by atoms with E-state index in [1.165, 1.54) is 18.5 Å². The van der Waals surface area contributed by atoms with Crippen molar-refractivity contribution in [2.45, 2.75) is 0 Å². The maximum absolute atomic E-state index is 6.78. The number of rotatable bonds is 1. The first kappa shape index (κ1) is 3.42. The second-order valence-corrected chi connectivity index (χ2v) is 1.88. The molecule has 0 unspecified atom stereocenters. The predicted molar refractivity (Wildman–Crippen MR) is 35.8 cm³/mol. The minimum Gasteiger partial charge on any atom is -0.495 e. The second kappa shape index (κ2) is 2.69. The molecule has 0 spiro atoms. The van der Waals surface area contributed by atoms with Gasteiger partial charge in [-0.05, 0) is 0 Å². The van der Waals surface area contributed by atoms with Crippen molar-refractivity contribution in [2.75, 3.05) is 7.04 Å². The van der Waals surface area contributed by atoms with Crippen molar-refractivity contribution in [1.82, 2.24) is 4.98 Å². The van der Waals surface area contributed by atoms with Crippen molar-refractivity contribution in [3.63, 3.8) is 0 Å². The first-order valence-corrected chi connectivity index (χ1v) is 2.65. The summed E-state index contributed by atoms with van der Waals surface area (Å²) in [6.07, 6.45) is 2.69. The van der Waals surface area contributed by atoms with E-state index in [4.69, 9.17) is 15.7 Å². The van der Waals surface area contributed by atoms with Crippen molar-refractivity contribution in [3.8, 4) is 5.75 Å². The van der Waals surface area contributed by atoms with Crippen LogP contribution >= 0.6 is 11.6 Å². The third kappa shape index (κ3) is 1.57. The van der Waals surface area contributed by atoms with Crippen molar-refractivity contribution in [3.05, 3.63) is 23.5 Å². The van der Waals surface area contributed by atoms with Crippen molar-refractivity contribution in [2.24, 2.45) is 0 Å². The van der Waals surface area contributed by atoms with Gasteiger partial charge in [-0.15, -0.1) is 0 Å². The molecule has 0 bridgehead atoms. The Morgan fingerprint density at radius 1 is 1.78 bits per heavy atom. The smallest absolute Gasteiger partial charge is 0.138 e. The number of pyridine rings is 1. The largest absolute Gasteiger partial charge is 0.495 e. The first-order chi connectivity index (χ1) is 5.47. The van der Waals surface area contributed by atoms with Gasteiger partial charge in [-0.25, -0.2) is 0 Å². The summed E-state index contributed by atoms with van der Waals surface area (Å²) in [5.41, 5.74) is 0. The Labute approximate surface area is 62.6 Å². The van der Waals surface area contributed by atoms with Gasteiger partial charge in [0.15, 0.2) is 0 Å². The number of ether oxygens (including phenoxy) is 1. The van der Waals surface area contributed by atoms with Crippen LogP contribution in [0, 0.1) is 0 Å². The lowest BCUT2D eigenvalue weighted by molar-refractivity contribution is 0.413. The summed E-state index contributed by atoms with van der Waals surface area (Å²) in [4.78, 5) is 3.66. The number of aromatic nitrogens is 1. The molecule has 1 rings (SSSR count). The fraction of sp³-hybridized carbons (Fsp3) is 0.167. The molecule has 0 aliphatic rings. The summed E-state index contributed by atoms with van der Waals surface area (Å²) in [5, 5.41) is 0.344. The van der Waals surface area contributed by atoms with E-state index in [0.717, 1.165) is 0 Å². The minimum absolute atomic E-state index is 0.141. The van der Waals surface area contributed by atoms with E-state index in [0.29, 0.717) is 5.02 Å². The molecule has 0 N–H and O–H groups in total. The molecular formula is C6H6ClNO. The van der Waals surface area contributed by atoms with E-state index in [2.05, 4.69) is 9.72 Å². The van der Waals surface area contributed by atoms with Gasteiger partial charge in [0.05, 0.1) is 22.4 Å². The Morgan fingerprint density at radius 3 is 3.33 bits per heavy atom. The number of hydrogen-bond donors (Lipinski definition) is 0. The Hall–Kier alpha value is -0.760. The Balaban J connectivity index is 2.77. The predicted octanol–water partition coefficient (Wildman–Crippen LogP) is 1.74. The van der Waals surface area contributed by atoms with Crippen LogP contribution in [0.1, 0.15) is 4.11 Å². The molecule has 0 saturated carbocycles. The highest BCUT2D eigenvalue weighted by atomic mass is 35.5. The maximum Gasteiger partial charge on any atom is 0.138 e. The second-order valence-electron chi connectivity index (χ2n) is 1.44. The average Bonchev–Trinajstić information content (AvgIpc) is 1.82. The fourth-order valence-electron chi connectivity index (χ4n) is 0.448. The molecule has 0 aromatic carbocycles. The van der Waals surface area contributed by atoms with E-state index in [1.54, 1.807) is 0 Å². The van der Waals surface area contributed by atoms with E-state index in [-0.39, 0.29) is 5.75 Å². The SMILES string of the molecule is [2H]C([2H])([2H])Oc1cncc(Cl)c1. The number of nitrogens with zero attached hydrogens (tertiary/aromatic N) is 1. The van der Waals surface area contributed by atoms with Crippen LogP contribution in [0.3, 0.4) is 0 Å². The Bertz CT molecular complexity index is 276. The summed E-state index contributed by atoms with van der Waals surface area (Å²) in [5.74, 6) is 0.141. The van der Waals surface area contributed by atoms with E-state index in [1.807, 2.05) is 0 Å². The average molecular weight is 147 g/mol. The highest BCUT2D eigenvalue weighted by molar-refractivity contribution is 6.30. The lowest BCUT2D eigenvalue weighted by atomic mass is 10.5. The molecule has 0 amide bonds. The van der Waals surface area contributed by atoms with Gasteiger partial charge in [-0.3, -0.25) is 4.98 Å². The zero-order valence-electron chi connectivity index (χ0n) is 7.47. The third-order valence-corrected chi connectivity index (χ3v) is 1.00. The zero-order valence-corrected chi connectivity index (χ0v) is 5.22. The lowest BCUT2D eigenvalue weighted by Gasteiger charge is -1.95. The van der Waals surface area contributed by atoms with Crippen molar-refractivity contribution < 1.29 is 8.85 Å². The monoisotopic (exact) mass is 146 g/mol. The summed E-state index contributed by atoms with van der Waals surface area (Å²) >= 11 is 5.55. The normalized spacial score (nSPS) is 15.4. The van der Waals surface area contributed by atoms with Crippen LogP contribution in [0.15, 0.2) is 18.5 Å². The van der Waals surface area contributed by atoms with Gasteiger partial charge < -0.3 is 4.74 Å². The van der Waals surface area contributed by atoms with Gasteiger partial charge >= 0.3 is 0 Å². The lowest BCUT2D eigenvalue weighted by Crippen LogP contribution is -1.82. The molecule has 0 aliphatic heterocycles. The first-order valence-electron chi connectivity index (χ1n) is 3.77. The Kier molecular flexibility index (Phi) is 1.02. The van der Waals surface area contributed by atoms with Crippen LogP contribution in [0.5, 0.6) is 5.75 Å². The van der Waals surface area contributed by atoms with Crippen LogP contribution in [0.4, 0.5) is 0 Å². The molecule has 9 heavy (non-hydrogen) atoms. The number of methoxy groups -OCH3 is 1. The number of halogens is 1. The quantitative estimate of drug-likeness (QED) is 0.602. The van der Waals surface area contributed by atoms with Crippen molar-refractivity contribution in [1.29, 1.82) is 0 Å². The maximum atomic E-state index is 6.78. The molecule has 1 aromatic rings. The van der Waals surface area contributed by atoms with E-state index < -0.39 is 7.04 Å². The van der Waals surface area contributed by atoms with Crippen molar-refractivity contribution >= 4 is 11.6 Å². The van der Waals surface area contributed by atoms with Crippen LogP contribution in [0.2, 0.25) is 5.02 Å². The van der Waals surface area contributed by atoms with Gasteiger partial charge in [-0.2, -0.15) is 0 Å². The number of hydrogen-bond acceptors (Lipinski definition) is 2. The molecule has 0 saturated heterocycles. The van der Waals surface area contributed by atoms with E-state index in [9.17, 15) is 0 Å². The molecule has 2 nitrogen and oxygen atoms in total. The summed E-state index contributed by atoms with van der Waals surface area (Å²) in [7, 11) is -2.45. The zero-order chi connectivity index (χ0) is 9.19. The molecule has 0 fully saturated rings. The standard InChI is InChI=1S/C6H6ClNO/c1-9-6-2-5(7)3-8-4-6/h2-4H,1H3/i1D3. The van der Waals surface area contributed by atoms with Crippen LogP contribution in [0.25, 0.3) is 0 Å². The summed E-state index contributed by atoms with van der Waals surface area (Å²) in [6.45, 7) is 0. The van der Waals surface area contributed by atoms with Gasteiger partial charge in [0.1, 0.15) is 5.75 Å². The molecule has 0 atom stereocenters. The minimum atomic E-state index is -2.45. The highest BCUT2D eigenvalue weighted by Crippen LogP contribution is 2.13. The van der Waals surface area contributed by atoms with Gasteiger partial charge in [0, 0.05) is 12.3 Å². The highest BCUT2D eigenvalue weighted by Gasteiger charge is 1.89. The molecule has 1 heterocycles. The van der Waals surface area contributed by atoms with E-state index >= 15 is 0 Å². The molecule has 0 radical (unpaired) electrons. The molecular weight excluding hydrogens is 138 g/mol. The van der Waals surface area contributed by atoms with Gasteiger partial charge in [0.25, 0.3) is 0 Å². The van der Waals surface area contributed by atoms with Gasteiger partial charge in [-0.1, -0.05) is 11.6 Å². The fourth-order valence-corrected chi connectivity index (χ4v) is 0.612. The van der Waals surface area contributed by atoms with Gasteiger partial charge in [0.2, 0.25) is 0 Å². The molecule has 1 aromatic heterocycles.